The van der Waals surface area contributed by atoms with Gasteiger partial charge in [0.15, 0.2) is 11.5 Å². The Morgan fingerprint density at radius 2 is 1.75 bits per heavy atom. The van der Waals surface area contributed by atoms with E-state index >= 15 is 0 Å². The van der Waals surface area contributed by atoms with Crippen molar-refractivity contribution in [3.8, 4) is 17.2 Å². The third kappa shape index (κ3) is 4.00. The van der Waals surface area contributed by atoms with Crippen molar-refractivity contribution in [3.63, 3.8) is 0 Å². The van der Waals surface area contributed by atoms with Crippen LogP contribution in [0.5, 0.6) is 17.2 Å². The third-order valence-corrected chi connectivity index (χ3v) is 4.02. The lowest BCUT2D eigenvalue weighted by atomic mass is 10.1. The highest BCUT2D eigenvalue weighted by Gasteiger charge is 2.16. The molecule has 0 bridgehead atoms. The van der Waals surface area contributed by atoms with Gasteiger partial charge in [0.1, 0.15) is 0 Å². The topological polar surface area (TPSA) is 48.8 Å². The molecule has 0 spiro atoms. The number of hydrogen-bond donors (Lipinski definition) is 0. The van der Waals surface area contributed by atoms with Crippen LogP contribution in [0.4, 0.5) is 0 Å². The van der Waals surface area contributed by atoms with Gasteiger partial charge in [0.05, 0.1) is 33.6 Å². The van der Waals surface area contributed by atoms with Gasteiger partial charge in [-0.3, -0.25) is 4.68 Å². The van der Waals surface area contributed by atoms with Gasteiger partial charge in [-0.05, 0) is 33.0 Å². The van der Waals surface area contributed by atoms with Crippen LogP contribution in [0.15, 0.2) is 18.2 Å². The fourth-order valence-corrected chi connectivity index (χ4v) is 2.82. The van der Waals surface area contributed by atoms with E-state index < -0.39 is 0 Å². The van der Waals surface area contributed by atoms with Crippen molar-refractivity contribution in [2.45, 2.75) is 26.9 Å². The maximum atomic E-state index is 5.55. The lowest BCUT2D eigenvalue weighted by molar-refractivity contribution is 0.288. The highest BCUT2D eigenvalue weighted by molar-refractivity contribution is 5.55. The molecule has 0 N–H and O–H groups in total. The highest BCUT2D eigenvalue weighted by Crippen LogP contribution is 2.40. The van der Waals surface area contributed by atoms with E-state index in [4.69, 9.17) is 14.2 Å². The molecule has 0 saturated heterocycles. The van der Waals surface area contributed by atoms with Gasteiger partial charge >= 0.3 is 0 Å². The van der Waals surface area contributed by atoms with Crippen LogP contribution in [0.1, 0.15) is 17.0 Å². The number of methoxy groups -OCH3 is 3. The van der Waals surface area contributed by atoms with Gasteiger partial charge in [-0.25, -0.2) is 0 Å². The molecule has 24 heavy (non-hydrogen) atoms. The van der Waals surface area contributed by atoms with Crippen molar-refractivity contribution in [3.05, 3.63) is 35.2 Å². The number of hydrogen-bond acceptors (Lipinski definition) is 5. The van der Waals surface area contributed by atoms with E-state index in [1.165, 1.54) is 5.69 Å². The molecule has 0 saturated carbocycles. The van der Waals surface area contributed by atoms with Crippen molar-refractivity contribution in [2.75, 3.05) is 34.9 Å². The van der Waals surface area contributed by atoms with Crippen molar-refractivity contribution < 1.29 is 14.2 Å². The number of rotatable bonds is 8. The van der Waals surface area contributed by atoms with Crippen LogP contribution in [0.25, 0.3) is 0 Å². The van der Waals surface area contributed by atoms with Gasteiger partial charge < -0.3 is 19.1 Å². The van der Waals surface area contributed by atoms with E-state index in [1.807, 2.05) is 23.7 Å². The van der Waals surface area contributed by atoms with Crippen LogP contribution >= 0.6 is 0 Å². The standard InChI is InChI=1S/C18H27N3O3/c1-13-11-14(2)21(19-13)10-9-20(3)12-15-7-8-16(22-4)18(24-6)17(15)23-5/h7-8,11H,9-10,12H2,1-6H3. The third-order valence-electron chi connectivity index (χ3n) is 4.02. The predicted molar refractivity (Wildman–Crippen MR) is 94.1 cm³/mol. The smallest absolute Gasteiger partial charge is 0.203 e. The highest BCUT2D eigenvalue weighted by atomic mass is 16.5. The van der Waals surface area contributed by atoms with E-state index in [1.54, 1.807) is 21.3 Å². The first kappa shape index (κ1) is 18.1. The molecule has 1 aromatic heterocycles. The first-order chi connectivity index (χ1) is 11.5. The summed E-state index contributed by atoms with van der Waals surface area (Å²) in [5.74, 6) is 2.02. The van der Waals surface area contributed by atoms with Gasteiger partial charge in [0.25, 0.3) is 0 Å². The molecule has 0 amide bonds. The first-order valence-corrected chi connectivity index (χ1v) is 7.97. The molecule has 0 aliphatic rings. The number of nitrogens with zero attached hydrogens (tertiary/aromatic N) is 3. The zero-order chi connectivity index (χ0) is 17.7. The number of aromatic nitrogens is 2. The molecule has 0 unspecified atom stereocenters. The summed E-state index contributed by atoms with van der Waals surface area (Å²) in [5, 5.41) is 4.50. The molecule has 0 aliphatic carbocycles. The zero-order valence-corrected chi connectivity index (χ0v) is 15.4. The summed E-state index contributed by atoms with van der Waals surface area (Å²) in [6.07, 6.45) is 0. The quantitative estimate of drug-likeness (QED) is 0.743. The maximum absolute atomic E-state index is 5.55. The van der Waals surface area contributed by atoms with Gasteiger partial charge in [-0.15, -0.1) is 0 Å². The van der Waals surface area contributed by atoms with Crippen molar-refractivity contribution >= 4 is 0 Å². The Kier molecular flexibility index (Phi) is 6.09. The van der Waals surface area contributed by atoms with Crippen molar-refractivity contribution in [2.24, 2.45) is 0 Å². The lowest BCUT2D eigenvalue weighted by Crippen LogP contribution is -2.24. The summed E-state index contributed by atoms with van der Waals surface area (Å²) in [7, 11) is 6.98. The van der Waals surface area contributed by atoms with Crippen LogP contribution < -0.4 is 14.2 Å². The summed E-state index contributed by atoms with van der Waals surface area (Å²) in [5.41, 5.74) is 3.30. The largest absolute Gasteiger partial charge is 0.493 e. The molecule has 0 fully saturated rings. The lowest BCUT2D eigenvalue weighted by Gasteiger charge is -2.21. The van der Waals surface area contributed by atoms with Crippen molar-refractivity contribution in [1.29, 1.82) is 0 Å². The van der Waals surface area contributed by atoms with Gasteiger partial charge in [-0.1, -0.05) is 6.07 Å². The SMILES string of the molecule is COc1ccc(CN(C)CCn2nc(C)cc2C)c(OC)c1OC. The fourth-order valence-electron chi connectivity index (χ4n) is 2.82. The summed E-state index contributed by atoms with van der Waals surface area (Å²) < 4.78 is 18.4. The zero-order valence-electron chi connectivity index (χ0n) is 15.4. The second-order valence-corrected chi connectivity index (χ2v) is 5.88. The van der Waals surface area contributed by atoms with E-state index in [-0.39, 0.29) is 0 Å². The Morgan fingerprint density at radius 1 is 1.04 bits per heavy atom. The van der Waals surface area contributed by atoms with E-state index in [0.717, 1.165) is 36.6 Å². The molecule has 2 aromatic rings. The first-order valence-electron chi connectivity index (χ1n) is 7.97. The van der Waals surface area contributed by atoms with Crippen LogP contribution in [0, 0.1) is 13.8 Å². The van der Waals surface area contributed by atoms with Gasteiger partial charge in [0, 0.05) is 24.3 Å². The van der Waals surface area contributed by atoms with E-state index in [9.17, 15) is 0 Å². The molecule has 2 rings (SSSR count). The minimum absolute atomic E-state index is 0.629. The molecular formula is C18H27N3O3. The molecule has 1 aromatic carbocycles. The normalized spacial score (nSPS) is 11.0. The number of benzene rings is 1. The number of likely N-dealkylation sites (N-methyl/N-ethyl adjacent to an activating group) is 1. The van der Waals surface area contributed by atoms with Crippen molar-refractivity contribution in [1.82, 2.24) is 14.7 Å². The van der Waals surface area contributed by atoms with Gasteiger partial charge in [-0.2, -0.15) is 5.10 Å². The Balaban J connectivity index is 2.08. The summed E-state index contributed by atoms with van der Waals surface area (Å²) in [4.78, 5) is 2.24. The average molecular weight is 333 g/mol. The van der Waals surface area contributed by atoms with Crippen LogP contribution in [-0.4, -0.2) is 49.6 Å². The van der Waals surface area contributed by atoms with Gasteiger partial charge in [0.2, 0.25) is 5.75 Å². The predicted octanol–water partition coefficient (Wildman–Crippen LogP) is 2.66. The minimum atomic E-state index is 0.629. The molecule has 6 heteroatoms. The summed E-state index contributed by atoms with van der Waals surface area (Å²) >= 11 is 0. The maximum Gasteiger partial charge on any atom is 0.203 e. The second-order valence-electron chi connectivity index (χ2n) is 5.88. The molecule has 1 heterocycles. The Labute approximate surface area is 143 Å². The molecule has 0 radical (unpaired) electrons. The van der Waals surface area contributed by atoms with Crippen LogP contribution in [-0.2, 0) is 13.1 Å². The number of ether oxygens (including phenoxy) is 3. The van der Waals surface area contributed by atoms with E-state index in [2.05, 4.69) is 30.0 Å². The number of aryl methyl sites for hydroxylation is 2. The molecule has 0 aliphatic heterocycles. The summed E-state index contributed by atoms with van der Waals surface area (Å²) in [6.45, 7) is 6.59. The van der Waals surface area contributed by atoms with Crippen LogP contribution in [0.2, 0.25) is 0 Å². The molecular weight excluding hydrogens is 306 g/mol. The van der Waals surface area contributed by atoms with E-state index in [0.29, 0.717) is 11.5 Å². The second kappa shape index (κ2) is 8.06. The Bertz CT molecular complexity index is 682. The fraction of sp³-hybridized carbons (Fsp3) is 0.500. The van der Waals surface area contributed by atoms with Crippen LogP contribution in [0.3, 0.4) is 0 Å². The Hall–Kier alpha value is -2.21. The monoisotopic (exact) mass is 333 g/mol. The average Bonchev–Trinajstić information content (AvgIpc) is 2.89. The molecule has 132 valence electrons. The Morgan fingerprint density at radius 3 is 2.29 bits per heavy atom. The molecule has 0 atom stereocenters. The molecule has 6 nitrogen and oxygen atoms in total. The summed E-state index contributed by atoms with van der Waals surface area (Å²) in [6, 6.07) is 6.02. The minimum Gasteiger partial charge on any atom is -0.493 e.